The van der Waals surface area contributed by atoms with Crippen molar-refractivity contribution >= 4 is 44.8 Å². The number of benzene rings is 2. The molecule has 0 aliphatic heterocycles. The second-order valence-electron chi connectivity index (χ2n) is 4.05. The molecule has 0 fully saturated rings. The molecule has 0 aromatic heterocycles. The molecule has 0 amide bonds. The van der Waals surface area contributed by atoms with Crippen molar-refractivity contribution in [2.45, 2.75) is 13.0 Å². The minimum atomic E-state index is 0.194. The highest BCUT2D eigenvalue weighted by molar-refractivity contribution is 9.10. The van der Waals surface area contributed by atoms with Crippen LogP contribution in [0, 0.1) is 0 Å². The maximum absolute atomic E-state index is 6.06. The van der Waals surface area contributed by atoms with Gasteiger partial charge in [-0.05, 0) is 58.7 Å². The summed E-state index contributed by atoms with van der Waals surface area (Å²) in [5, 5.41) is 4.84. The number of halogens is 3. The topological polar surface area (TPSA) is 12.0 Å². The summed E-state index contributed by atoms with van der Waals surface area (Å²) in [6.07, 6.45) is 0. The summed E-state index contributed by atoms with van der Waals surface area (Å²) in [5.41, 5.74) is 2.17. The van der Waals surface area contributed by atoms with Crippen LogP contribution in [0.15, 0.2) is 46.9 Å². The largest absolute Gasteiger partial charge is 0.378 e. The molecule has 4 heteroatoms. The smallest absolute Gasteiger partial charge is 0.0568 e. The van der Waals surface area contributed by atoms with Gasteiger partial charge in [0.05, 0.1) is 5.02 Å². The Bertz CT molecular complexity index is 540. The second-order valence-corrected chi connectivity index (χ2v) is 5.74. The normalized spacial score (nSPS) is 12.2. The van der Waals surface area contributed by atoms with Crippen LogP contribution < -0.4 is 5.32 Å². The van der Waals surface area contributed by atoms with Crippen molar-refractivity contribution in [3.05, 3.63) is 62.5 Å². The highest BCUT2D eigenvalue weighted by atomic mass is 79.9. The molecule has 1 nitrogen and oxygen atoms in total. The van der Waals surface area contributed by atoms with Crippen LogP contribution in [0.3, 0.4) is 0 Å². The predicted molar refractivity (Wildman–Crippen MR) is 82.6 cm³/mol. The van der Waals surface area contributed by atoms with Crippen LogP contribution in [0.2, 0.25) is 10.0 Å². The van der Waals surface area contributed by atoms with Gasteiger partial charge in [-0.3, -0.25) is 0 Å². The Morgan fingerprint density at radius 3 is 2.33 bits per heavy atom. The van der Waals surface area contributed by atoms with Gasteiger partial charge in [-0.1, -0.05) is 35.3 Å². The third-order valence-electron chi connectivity index (χ3n) is 2.67. The molecule has 0 saturated heterocycles. The quantitative estimate of drug-likeness (QED) is 0.727. The molecule has 2 aromatic rings. The fourth-order valence-corrected chi connectivity index (χ4v) is 2.22. The molecule has 94 valence electrons. The van der Waals surface area contributed by atoms with E-state index in [4.69, 9.17) is 23.2 Å². The van der Waals surface area contributed by atoms with E-state index in [1.54, 1.807) is 0 Å². The van der Waals surface area contributed by atoms with Crippen LogP contribution in [0.1, 0.15) is 18.5 Å². The van der Waals surface area contributed by atoms with E-state index in [9.17, 15) is 0 Å². The van der Waals surface area contributed by atoms with Crippen LogP contribution in [0.4, 0.5) is 5.69 Å². The van der Waals surface area contributed by atoms with Gasteiger partial charge in [0.1, 0.15) is 0 Å². The molecule has 0 aliphatic rings. The number of rotatable bonds is 3. The van der Waals surface area contributed by atoms with Gasteiger partial charge in [0.25, 0.3) is 0 Å². The van der Waals surface area contributed by atoms with Gasteiger partial charge in [-0.25, -0.2) is 0 Å². The number of anilines is 1. The number of hydrogen-bond donors (Lipinski definition) is 1. The summed E-state index contributed by atoms with van der Waals surface area (Å²) in [4.78, 5) is 0. The Labute approximate surface area is 125 Å². The summed E-state index contributed by atoms with van der Waals surface area (Å²) < 4.78 is 0.897. The Kier molecular flexibility index (Phi) is 4.55. The van der Waals surface area contributed by atoms with Crippen LogP contribution in [0.5, 0.6) is 0 Å². The first-order valence-electron chi connectivity index (χ1n) is 5.53. The lowest BCUT2D eigenvalue weighted by atomic mass is 10.1. The molecule has 0 bridgehead atoms. The summed E-state index contributed by atoms with van der Waals surface area (Å²) in [6.45, 7) is 2.10. The van der Waals surface area contributed by atoms with Crippen LogP contribution in [-0.2, 0) is 0 Å². The summed E-state index contributed by atoms with van der Waals surface area (Å²) in [6, 6.07) is 13.8. The first-order chi connectivity index (χ1) is 8.56. The van der Waals surface area contributed by atoms with Crippen molar-refractivity contribution in [1.29, 1.82) is 0 Å². The molecule has 0 spiro atoms. The molecule has 1 N–H and O–H groups in total. The van der Waals surface area contributed by atoms with Gasteiger partial charge in [-0.2, -0.15) is 0 Å². The van der Waals surface area contributed by atoms with E-state index >= 15 is 0 Å². The molecular formula is C14H12BrCl2N. The van der Waals surface area contributed by atoms with Gasteiger partial charge in [0.15, 0.2) is 0 Å². The van der Waals surface area contributed by atoms with Gasteiger partial charge in [-0.15, -0.1) is 0 Å². The van der Waals surface area contributed by atoms with Gasteiger partial charge >= 0.3 is 0 Å². The zero-order chi connectivity index (χ0) is 13.1. The molecule has 2 rings (SSSR count). The van der Waals surface area contributed by atoms with Crippen molar-refractivity contribution in [2.75, 3.05) is 5.32 Å². The molecule has 0 radical (unpaired) electrons. The standard InChI is InChI=1S/C14H12BrCl2N/c1-9(10-2-4-11(16)5-3-10)18-12-6-7-13(15)14(17)8-12/h2-9,18H,1H3. The minimum absolute atomic E-state index is 0.194. The Hall–Kier alpha value is -0.700. The zero-order valence-corrected chi connectivity index (χ0v) is 12.9. The first-order valence-corrected chi connectivity index (χ1v) is 7.08. The number of hydrogen-bond acceptors (Lipinski definition) is 1. The summed E-state index contributed by atoms with van der Waals surface area (Å²) >= 11 is 15.3. The van der Waals surface area contributed by atoms with Crippen LogP contribution in [-0.4, -0.2) is 0 Å². The third-order valence-corrected chi connectivity index (χ3v) is 4.16. The van der Waals surface area contributed by atoms with E-state index in [1.807, 2.05) is 42.5 Å². The molecular weight excluding hydrogens is 333 g/mol. The van der Waals surface area contributed by atoms with Crippen LogP contribution >= 0.6 is 39.1 Å². The Balaban J connectivity index is 2.13. The van der Waals surface area contributed by atoms with Crippen molar-refractivity contribution in [3.63, 3.8) is 0 Å². The van der Waals surface area contributed by atoms with Crippen molar-refractivity contribution in [1.82, 2.24) is 0 Å². The van der Waals surface area contributed by atoms with Gasteiger partial charge < -0.3 is 5.32 Å². The highest BCUT2D eigenvalue weighted by Crippen LogP contribution is 2.28. The summed E-state index contributed by atoms with van der Waals surface area (Å²) in [7, 11) is 0. The van der Waals surface area contributed by atoms with E-state index in [1.165, 1.54) is 5.56 Å². The SMILES string of the molecule is CC(Nc1ccc(Br)c(Cl)c1)c1ccc(Cl)cc1. The molecule has 0 aliphatic carbocycles. The Morgan fingerprint density at radius 2 is 1.72 bits per heavy atom. The average Bonchev–Trinajstić information content (AvgIpc) is 2.34. The zero-order valence-electron chi connectivity index (χ0n) is 9.75. The van der Waals surface area contributed by atoms with Gasteiger partial charge in [0, 0.05) is 21.2 Å². The molecule has 2 aromatic carbocycles. The van der Waals surface area contributed by atoms with E-state index in [0.29, 0.717) is 5.02 Å². The minimum Gasteiger partial charge on any atom is -0.378 e. The van der Waals surface area contributed by atoms with Gasteiger partial charge in [0.2, 0.25) is 0 Å². The van der Waals surface area contributed by atoms with Crippen molar-refractivity contribution in [2.24, 2.45) is 0 Å². The van der Waals surface area contributed by atoms with E-state index < -0.39 is 0 Å². The van der Waals surface area contributed by atoms with Crippen molar-refractivity contribution < 1.29 is 0 Å². The third kappa shape index (κ3) is 3.41. The molecule has 0 saturated carbocycles. The summed E-state index contributed by atoms with van der Waals surface area (Å²) in [5.74, 6) is 0. The van der Waals surface area contributed by atoms with E-state index in [-0.39, 0.29) is 6.04 Å². The Morgan fingerprint density at radius 1 is 1.06 bits per heavy atom. The van der Waals surface area contributed by atoms with E-state index in [0.717, 1.165) is 15.2 Å². The average molecular weight is 345 g/mol. The molecule has 18 heavy (non-hydrogen) atoms. The maximum atomic E-state index is 6.06. The maximum Gasteiger partial charge on any atom is 0.0568 e. The monoisotopic (exact) mass is 343 g/mol. The predicted octanol–water partition coefficient (Wildman–Crippen LogP) is 5.93. The first kappa shape index (κ1) is 13.7. The lowest BCUT2D eigenvalue weighted by molar-refractivity contribution is 0.885. The second kappa shape index (κ2) is 5.96. The number of nitrogens with one attached hydrogen (secondary N) is 1. The lowest BCUT2D eigenvalue weighted by Crippen LogP contribution is -2.06. The lowest BCUT2D eigenvalue weighted by Gasteiger charge is -2.16. The molecule has 1 unspecified atom stereocenters. The van der Waals surface area contributed by atoms with Crippen molar-refractivity contribution in [3.8, 4) is 0 Å². The fraction of sp³-hybridized carbons (Fsp3) is 0.143. The molecule has 0 heterocycles. The van der Waals surface area contributed by atoms with Crippen LogP contribution in [0.25, 0.3) is 0 Å². The van der Waals surface area contributed by atoms with E-state index in [2.05, 4.69) is 28.2 Å². The fourth-order valence-electron chi connectivity index (χ4n) is 1.67. The molecule has 1 atom stereocenters. The highest BCUT2D eigenvalue weighted by Gasteiger charge is 2.06.